The second-order valence-electron chi connectivity index (χ2n) is 4.89. The van der Waals surface area contributed by atoms with Crippen LogP contribution in [-0.4, -0.2) is 0 Å². The van der Waals surface area contributed by atoms with Gasteiger partial charge in [-0.2, -0.15) is 0 Å². The molecule has 0 heterocycles. The van der Waals surface area contributed by atoms with E-state index in [4.69, 9.17) is 0 Å². The predicted molar refractivity (Wildman–Crippen MR) is 81.7 cm³/mol. The highest BCUT2D eigenvalue weighted by Crippen LogP contribution is 2.18. The molecule has 0 aliphatic heterocycles. The zero-order valence-electron chi connectivity index (χ0n) is 11.1. The van der Waals surface area contributed by atoms with Crippen LogP contribution in [0, 0.1) is 0 Å². The van der Waals surface area contributed by atoms with Gasteiger partial charge >= 0.3 is 0 Å². The highest BCUT2D eigenvalue weighted by Gasteiger charge is 1.95. The van der Waals surface area contributed by atoms with E-state index >= 15 is 0 Å². The Morgan fingerprint density at radius 1 is 0.722 bits per heavy atom. The molecule has 0 atom stereocenters. The SMILES string of the molecule is C1CCCCC1.C=Cc1cccc2ccccc12. The van der Waals surface area contributed by atoms with E-state index in [9.17, 15) is 0 Å². The van der Waals surface area contributed by atoms with Gasteiger partial charge in [0.2, 0.25) is 0 Å². The number of rotatable bonds is 1. The van der Waals surface area contributed by atoms with E-state index in [1.807, 2.05) is 6.08 Å². The van der Waals surface area contributed by atoms with Crippen molar-refractivity contribution in [3.05, 3.63) is 54.6 Å². The Morgan fingerprint density at radius 2 is 1.28 bits per heavy atom. The van der Waals surface area contributed by atoms with E-state index in [2.05, 4.69) is 49.0 Å². The van der Waals surface area contributed by atoms with Crippen LogP contribution in [0.15, 0.2) is 49.0 Å². The fraction of sp³-hybridized carbons (Fsp3) is 0.333. The van der Waals surface area contributed by atoms with Gasteiger partial charge in [-0.05, 0) is 16.3 Å². The van der Waals surface area contributed by atoms with Gasteiger partial charge in [0.05, 0.1) is 0 Å². The Labute approximate surface area is 110 Å². The Hall–Kier alpha value is -1.56. The van der Waals surface area contributed by atoms with Crippen molar-refractivity contribution < 1.29 is 0 Å². The van der Waals surface area contributed by atoms with Gasteiger partial charge in [0.1, 0.15) is 0 Å². The molecule has 0 bridgehead atoms. The van der Waals surface area contributed by atoms with Crippen LogP contribution < -0.4 is 0 Å². The summed E-state index contributed by atoms with van der Waals surface area (Å²) in [5.74, 6) is 0. The summed E-state index contributed by atoms with van der Waals surface area (Å²) in [6, 6.07) is 14.6. The number of benzene rings is 2. The molecule has 0 aromatic heterocycles. The fourth-order valence-electron chi connectivity index (χ4n) is 2.49. The number of fused-ring (bicyclic) bond motifs is 1. The molecule has 0 spiro atoms. The molecule has 1 saturated carbocycles. The molecule has 0 nitrogen and oxygen atoms in total. The zero-order valence-corrected chi connectivity index (χ0v) is 11.1. The van der Waals surface area contributed by atoms with Crippen LogP contribution in [0.2, 0.25) is 0 Å². The molecule has 0 saturated heterocycles. The lowest BCUT2D eigenvalue weighted by molar-refractivity contribution is 0.504. The third-order valence-corrected chi connectivity index (χ3v) is 3.54. The standard InChI is InChI=1S/C12H10.C6H12/c1-2-10-7-5-8-11-6-3-4-9-12(10)11;1-2-4-6-5-3-1/h2-9H,1H2;1-6H2. The average Bonchev–Trinajstić information content (AvgIpc) is 2.49. The van der Waals surface area contributed by atoms with Crippen molar-refractivity contribution in [3.63, 3.8) is 0 Å². The van der Waals surface area contributed by atoms with E-state index in [-0.39, 0.29) is 0 Å². The molecule has 0 N–H and O–H groups in total. The molecule has 3 rings (SSSR count). The van der Waals surface area contributed by atoms with E-state index < -0.39 is 0 Å². The van der Waals surface area contributed by atoms with Gasteiger partial charge in [0, 0.05) is 0 Å². The summed E-state index contributed by atoms with van der Waals surface area (Å²) in [5.41, 5.74) is 1.20. The minimum atomic E-state index is 1.20. The predicted octanol–water partition coefficient (Wildman–Crippen LogP) is 5.82. The second-order valence-corrected chi connectivity index (χ2v) is 4.89. The largest absolute Gasteiger partial charge is 0.0984 e. The topological polar surface area (TPSA) is 0 Å². The maximum absolute atomic E-state index is 3.78. The first-order chi connectivity index (χ1) is 8.92. The van der Waals surface area contributed by atoms with Crippen LogP contribution in [0.5, 0.6) is 0 Å². The zero-order chi connectivity index (χ0) is 12.6. The second kappa shape index (κ2) is 7.00. The van der Waals surface area contributed by atoms with Crippen LogP contribution >= 0.6 is 0 Å². The van der Waals surface area contributed by atoms with Crippen LogP contribution in [-0.2, 0) is 0 Å². The maximum Gasteiger partial charge on any atom is -0.0112 e. The molecule has 0 amide bonds. The first-order valence-electron chi connectivity index (χ1n) is 7.02. The minimum absolute atomic E-state index is 1.20. The molecule has 94 valence electrons. The summed E-state index contributed by atoms with van der Waals surface area (Å²) < 4.78 is 0. The van der Waals surface area contributed by atoms with Gasteiger partial charge in [-0.25, -0.2) is 0 Å². The molecule has 1 aliphatic carbocycles. The van der Waals surface area contributed by atoms with Gasteiger partial charge in [0.15, 0.2) is 0 Å². The summed E-state index contributed by atoms with van der Waals surface area (Å²) in [4.78, 5) is 0. The monoisotopic (exact) mass is 238 g/mol. The Balaban J connectivity index is 0.000000169. The summed E-state index contributed by atoms with van der Waals surface area (Å²) in [6.45, 7) is 3.78. The first-order valence-corrected chi connectivity index (χ1v) is 7.02. The third kappa shape index (κ3) is 3.46. The molecule has 0 unspecified atom stereocenters. The summed E-state index contributed by atoms with van der Waals surface area (Å²) >= 11 is 0. The number of hydrogen-bond donors (Lipinski definition) is 0. The highest BCUT2D eigenvalue weighted by molar-refractivity contribution is 5.90. The van der Waals surface area contributed by atoms with E-state index in [1.54, 1.807) is 0 Å². The van der Waals surface area contributed by atoms with Crippen LogP contribution in [0.25, 0.3) is 16.8 Å². The maximum atomic E-state index is 3.78. The van der Waals surface area contributed by atoms with Gasteiger partial charge in [-0.15, -0.1) is 0 Å². The van der Waals surface area contributed by atoms with Gasteiger partial charge < -0.3 is 0 Å². The third-order valence-electron chi connectivity index (χ3n) is 3.54. The van der Waals surface area contributed by atoms with Crippen molar-refractivity contribution in [2.24, 2.45) is 0 Å². The summed E-state index contributed by atoms with van der Waals surface area (Å²) in [6.07, 6.45) is 10.9. The van der Waals surface area contributed by atoms with Crippen molar-refractivity contribution in [3.8, 4) is 0 Å². The molecule has 2 aromatic carbocycles. The first kappa shape index (κ1) is 12.9. The summed E-state index contributed by atoms with van der Waals surface area (Å²) in [7, 11) is 0. The van der Waals surface area contributed by atoms with Crippen LogP contribution in [0.3, 0.4) is 0 Å². The highest BCUT2D eigenvalue weighted by atomic mass is 14.0. The van der Waals surface area contributed by atoms with Gasteiger partial charge in [-0.1, -0.05) is 93.6 Å². The molecule has 1 aliphatic rings. The van der Waals surface area contributed by atoms with E-state index in [0.29, 0.717) is 0 Å². The molecular formula is C18H22. The quantitative estimate of drug-likeness (QED) is 0.587. The fourth-order valence-corrected chi connectivity index (χ4v) is 2.49. The van der Waals surface area contributed by atoms with Crippen molar-refractivity contribution in [1.82, 2.24) is 0 Å². The van der Waals surface area contributed by atoms with Crippen molar-refractivity contribution >= 4 is 16.8 Å². The molecular weight excluding hydrogens is 216 g/mol. The van der Waals surface area contributed by atoms with Gasteiger partial charge in [0.25, 0.3) is 0 Å². The van der Waals surface area contributed by atoms with Crippen molar-refractivity contribution in [1.29, 1.82) is 0 Å². The Bertz CT molecular complexity index is 475. The number of hydrogen-bond acceptors (Lipinski definition) is 0. The van der Waals surface area contributed by atoms with Crippen LogP contribution in [0.4, 0.5) is 0 Å². The van der Waals surface area contributed by atoms with Crippen molar-refractivity contribution in [2.75, 3.05) is 0 Å². The Kier molecular flexibility index (Phi) is 5.01. The molecule has 0 heteroatoms. The van der Waals surface area contributed by atoms with E-state index in [1.165, 1.54) is 54.9 Å². The normalized spacial score (nSPS) is 14.7. The smallest absolute Gasteiger partial charge is 0.0112 e. The van der Waals surface area contributed by atoms with Crippen molar-refractivity contribution in [2.45, 2.75) is 38.5 Å². The lowest BCUT2D eigenvalue weighted by atomic mass is 10.0. The van der Waals surface area contributed by atoms with Gasteiger partial charge in [-0.3, -0.25) is 0 Å². The van der Waals surface area contributed by atoms with Crippen LogP contribution in [0.1, 0.15) is 44.1 Å². The molecule has 0 radical (unpaired) electrons. The molecule has 2 aromatic rings. The molecule has 18 heavy (non-hydrogen) atoms. The molecule has 1 fully saturated rings. The lowest BCUT2D eigenvalue weighted by Gasteiger charge is -2.05. The lowest BCUT2D eigenvalue weighted by Crippen LogP contribution is -1.85. The average molecular weight is 238 g/mol. The van der Waals surface area contributed by atoms with E-state index in [0.717, 1.165) is 0 Å². The minimum Gasteiger partial charge on any atom is -0.0984 e. The summed E-state index contributed by atoms with van der Waals surface area (Å²) in [5, 5.41) is 2.55. The Morgan fingerprint density at radius 3 is 1.89 bits per heavy atom.